The summed E-state index contributed by atoms with van der Waals surface area (Å²) in [5.74, 6) is -0.944. The Bertz CT molecular complexity index is 460. The fourth-order valence-corrected chi connectivity index (χ4v) is 1.87. The second kappa shape index (κ2) is 6.84. The Morgan fingerprint density at radius 2 is 2.05 bits per heavy atom. The van der Waals surface area contributed by atoms with Crippen LogP contribution < -0.4 is 5.32 Å². The molecule has 1 atom stereocenters. The minimum Gasteiger partial charge on any atom is -0.480 e. The van der Waals surface area contributed by atoms with Crippen LogP contribution in [0.2, 0.25) is 0 Å². The minimum atomic E-state index is -0.905. The van der Waals surface area contributed by atoms with Crippen LogP contribution in [0.4, 0.5) is 5.69 Å². The molecule has 6 heteroatoms. The summed E-state index contributed by atoms with van der Waals surface area (Å²) >= 11 is 0. The lowest BCUT2D eigenvalue weighted by molar-refractivity contribution is -0.385. The van der Waals surface area contributed by atoms with E-state index in [0.29, 0.717) is 18.5 Å². The first kappa shape index (κ1) is 15.1. The fraction of sp³-hybridized carbons (Fsp3) is 0.462. The van der Waals surface area contributed by atoms with Crippen molar-refractivity contribution in [2.24, 2.45) is 5.92 Å². The summed E-state index contributed by atoms with van der Waals surface area (Å²) in [4.78, 5) is 21.4. The first-order chi connectivity index (χ1) is 8.93. The largest absolute Gasteiger partial charge is 0.480 e. The zero-order valence-electron chi connectivity index (χ0n) is 11.0. The van der Waals surface area contributed by atoms with Gasteiger partial charge in [-0.05, 0) is 12.3 Å². The van der Waals surface area contributed by atoms with Crippen LogP contribution in [0.3, 0.4) is 0 Å². The van der Waals surface area contributed by atoms with Gasteiger partial charge in [-0.15, -0.1) is 0 Å². The second-order valence-electron chi connectivity index (χ2n) is 4.65. The molecule has 0 aliphatic carbocycles. The van der Waals surface area contributed by atoms with E-state index in [1.807, 2.05) is 13.8 Å². The number of nitrogens with one attached hydrogen (secondary N) is 1. The summed E-state index contributed by atoms with van der Waals surface area (Å²) in [6, 6.07) is 5.85. The van der Waals surface area contributed by atoms with Crippen molar-refractivity contribution in [1.29, 1.82) is 0 Å². The van der Waals surface area contributed by atoms with Crippen molar-refractivity contribution in [1.82, 2.24) is 5.32 Å². The van der Waals surface area contributed by atoms with Gasteiger partial charge in [0.05, 0.1) is 4.92 Å². The van der Waals surface area contributed by atoms with Gasteiger partial charge in [-0.2, -0.15) is 0 Å². The average molecular weight is 266 g/mol. The number of hydrogen-bond acceptors (Lipinski definition) is 4. The van der Waals surface area contributed by atoms with Gasteiger partial charge in [0.2, 0.25) is 0 Å². The summed E-state index contributed by atoms with van der Waals surface area (Å²) in [5.41, 5.74) is 0.675. The predicted molar refractivity (Wildman–Crippen MR) is 71.1 cm³/mol. The van der Waals surface area contributed by atoms with Crippen LogP contribution in [0.1, 0.15) is 19.4 Å². The molecule has 0 aliphatic rings. The Balaban J connectivity index is 2.63. The van der Waals surface area contributed by atoms with E-state index in [2.05, 4.69) is 5.32 Å². The van der Waals surface area contributed by atoms with Gasteiger partial charge in [-0.3, -0.25) is 14.9 Å². The summed E-state index contributed by atoms with van der Waals surface area (Å²) in [6.45, 7) is 4.02. The van der Waals surface area contributed by atoms with E-state index in [4.69, 9.17) is 5.11 Å². The maximum Gasteiger partial charge on any atom is 0.320 e. The number of carbonyl (C=O) groups is 1. The van der Waals surface area contributed by atoms with Crippen molar-refractivity contribution < 1.29 is 14.8 Å². The second-order valence-corrected chi connectivity index (χ2v) is 4.65. The van der Waals surface area contributed by atoms with Crippen LogP contribution in [0.25, 0.3) is 0 Å². The minimum absolute atomic E-state index is 0.0386. The molecule has 1 aromatic carbocycles. The number of para-hydroxylation sites is 1. The molecule has 1 unspecified atom stereocenters. The first-order valence-corrected chi connectivity index (χ1v) is 6.12. The third-order valence-corrected chi connectivity index (χ3v) is 2.88. The molecule has 1 aromatic rings. The van der Waals surface area contributed by atoms with E-state index in [9.17, 15) is 14.9 Å². The molecule has 19 heavy (non-hydrogen) atoms. The van der Waals surface area contributed by atoms with Crippen molar-refractivity contribution >= 4 is 11.7 Å². The standard InChI is InChI=1S/C13H18N2O4/c1-9(2)12(13(16)17)14-8-7-10-5-3-4-6-11(10)15(18)19/h3-6,9,12,14H,7-8H2,1-2H3,(H,16,17). The molecule has 0 heterocycles. The topological polar surface area (TPSA) is 92.5 Å². The van der Waals surface area contributed by atoms with Gasteiger partial charge >= 0.3 is 5.97 Å². The van der Waals surface area contributed by atoms with Crippen LogP contribution in [-0.4, -0.2) is 28.6 Å². The molecule has 0 amide bonds. The van der Waals surface area contributed by atoms with Gasteiger partial charge in [0.15, 0.2) is 0 Å². The van der Waals surface area contributed by atoms with Crippen molar-refractivity contribution in [2.75, 3.05) is 6.54 Å². The van der Waals surface area contributed by atoms with Gasteiger partial charge in [-0.1, -0.05) is 32.0 Å². The SMILES string of the molecule is CC(C)C(NCCc1ccccc1[N+](=O)[O-])C(=O)O. The zero-order chi connectivity index (χ0) is 14.4. The third-order valence-electron chi connectivity index (χ3n) is 2.88. The Kier molecular flexibility index (Phi) is 5.44. The van der Waals surface area contributed by atoms with Crippen LogP contribution >= 0.6 is 0 Å². The highest BCUT2D eigenvalue weighted by atomic mass is 16.6. The Labute approximate surface area is 111 Å². The summed E-state index contributed by atoms with van der Waals surface area (Å²) in [7, 11) is 0. The number of nitro groups is 1. The Morgan fingerprint density at radius 1 is 1.42 bits per heavy atom. The molecule has 0 saturated carbocycles. The van der Waals surface area contributed by atoms with E-state index in [-0.39, 0.29) is 11.6 Å². The Morgan fingerprint density at radius 3 is 2.58 bits per heavy atom. The fourth-order valence-electron chi connectivity index (χ4n) is 1.87. The highest BCUT2D eigenvalue weighted by molar-refractivity contribution is 5.73. The van der Waals surface area contributed by atoms with Crippen LogP contribution in [0, 0.1) is 16.0 Å². The highest BCUT2D eigenvalue weighted by Crippen LogP contribution is 2.17. The molecule has 0 fully saturated rings. The number of carboxylic acid groups (broad SMARTS) is 1. The van der Waals surface area contributed by atoms with Gasteiger partial charge < -0.3 is 10.4 Å². The number of aliphatic carboxylic acids is 1. The molecule has 0 radical (unpaired) electrons. The molecule has 104 valence electrons. The molecule has 0 aromatic heterocycles. The summed E-state index contributed by atoms with van der Waals surface area (Å²) in [6.07, 6.45) is 0.424. The quantitative estimate of drug-likeness (QED) is 0.580. The third kappa shape index (κ3) is 4.33. The number of hydrogen-bond donors (Lipinski definition) is 2. The summed E-state index contributed by atoms with van der Waals surface area (Å²) in [5, 5.41) is 22.8. The van der Waals surface area contributed by atoms with Crippen LogP contribution in [-0.2, 0) is 11.2 Å². The van der Waals surface area contributed by atoms with Gasteiger partial charge in [0, 0.05) is 18.2 Å². The molecule has 0 aliphatic heterocycles. The summed E-state index contributed by atoms with van der Waals surface area (Å²) < 4.78 is 0. The van der Waals surface area contributed by atoms with E-state index in [1.54, 1.807) is 18.2 Å². The predicted octanol–water partition coefficient (Wildman–Crippen LogP) is 1.84. The molecule has 0 saturated heterocycles. The number of rotatable bonds is 7. The number of carboxylic acids is 1. The number of nitrogens with zero attached hydrogens (tertiary/aromatic N) is 1. The van der Waals surface area contributed by atoms with Gasteiger partial charge in [-0.25, -0.2) is 0 Å². The van der Waals surface area contributed by atoms with Crippen LogP contribution in [0.5, 0.6) is 0 Å². The van der Waals surface area contributed by atoms with E-state index < -0.39 is 16.9 Å². The lowest BCUT2D eigenvalue weighted by Gasteiger charge is -2.17. The smallest absolute Gasteiger partial charge is 0.320 e. The average Bonchev–Trinajstić information content (AvgIpc) is 2.33. The highest BCUT2D eigenvalue weighted by Gasteiger charge is 2.20. The van der Waals surface area contributed by atoms with E-state index in [1.165, 1.54) is 6.07 Å². The van der Waals surface area contributed by atoms with Crippen molar-refractivity contribution in [3.05, 3.63) is 39.9 Å². The molecular formula is C13H18N2O4. The molecule has 0 spiro atoms. The van der Waals surface area contributed by atoms with Gasteiger partial charge in [0.25, 0.3) is 5.69 Å². The zero-order valence-corrected chi connectivity index (χ0v) is 11.0. The molecule has 0 bridgehead atoms. The monoisotopic (exact) mass is 266 g/mol. The first-order valence-electron chi connectivity index (χ1n) is 6.12. The normalized spacial score (nSPS) is 12.4. The van der Waals surface area contributed by atoms with E-state index >= 15 is 0 Å². The number of nitro benzene ring substituents is 1. The van der Waals surface area contributed by atoms with E-state index in [0.717, 1.165) is 0 Å². The number of benzene rings is 1. The molecular weight excluding hydrogens is 248 g/mol. The van der Waals surface area contributed by atoms with Crippen LogP contribution in [0.15, 0.2) is 24.3 Å². The van der Waals surface area contributed by atoms with Gasteiger partial charge in [0.1, 0.15) is 6.04 Å². The maximum absolute atomic E-state index is 11.0. The molecule has 2 N–H and O–H groups in total. The van der Waals surface area contributed by atoms with Crippen molar-refractivity contribution in [3.8, 4) is 0 Å². The maximum atomic E-state index is 11.0. The lowest BCUT2D eigenvalue weighted by atomic mass is 10.0. The van der Waals surface area contributed by atoms with Crippen molar-refractivity contribution in [3.63, 3.8) is 0 Å². The molecule has 6 nitrogen and oxygen atoms in total. The molecule has 1 rings (SSSR count). The Hall–Kier alpha value is -1.95. The van der Waals surface area contributed by atoms with Crippen molar-refractivity contribution in [2.45, 2.75) is 26.3 Å². The lowest BCUT2D eigenvalue weighted by Crippen LogP contribution is -2.41.